The molecule has 3 aromatic rings. The Morgan fingerprint density at radius 2 is 1.89 bits per heavy atom. The van der Waals surface area contributed by atoms with Crippen LogP contribution in [0, 0.1) is 18.8 Å². The zero-order chi connectivity index (χ0) is 19.3. The molecule has 0 saturated carbocycles. The number of fused-ring (bicyclic) bond motifs is 1. The third-order valence-electron chi connectivity index (χ3n) is 5.08. The van der Waals surface area contributed by atoms with Crippen LogP contribution in [0.5, 0.6) is 5.88 Å². The van der Waals surface area contributed by atoms with Gasteiger partial charge in [-0.05, 0) is 42.9 Å². The first kappa shape index (κ1) is 19.0. The summed E-state index contributed by atoms with van der Waals surface area (Å²) in [6, 6.07) is 5.60. The number of halogens is 2. The highest BCUT2D eigenvalue weighted by Gasteiger charge is 2.33. The normalized spacial score (nSPS) is 22.4. The Kier molecular flexibility index (Phi) is 5.10. The SMILES string of the molecule is Cc1nc2sc([C@@H](c3ccc(Cl)c(Cl)c3)N3C[C@H](C)C[C@H](C)C3)c(O)n2n1. The minimum Gasteiger partial charge on any atom is -0.492 e. The van der Waals surface area contributed by atoms with Crippen LogP contribution < -0.4 is 0 Å². The number of piperidine rings is 1. The molecule has 4 rings (SSSR count). The molecular weight excluding hydrogens is 403 g/mol. The Morgan fingerprint density at radius 1 is 1.19 bits per heavy atom. The summed E-state index contributed by atoms with van der Waals surface area (Å²) in [6.45, 7) is 8.30. The topological polar surface area (TPSA) is 53.7 Å². The smallest absolute Gasteiger partial charge is 0.230 e. The summed E-state index contributed by atoms with van der Waals surface area (Å²) < 4.78 is 1.52. The Balaban J connectivity index is 1.85. The van der Waals surface area contributed by atoms with Crippen molar-refractivity contribution >= 4 is 39.5 Å². The van der Waals surface area contributed by atoms with Crippen molar-refractivity contribution in [3.63, 3.8) is 0 Å². The van der Waals surface area contributed by atoms with Gasteiger partial charge in [-0.15, -0.1) is 5.10 Å². The molecule has 1 N–H and O–H groups in total. The Labute approximate surface area is 172 Å². The quantitative estimate of drug-likeness (QED) is 0.629. The van der Waals surface area contributed by atoms with Crippen LogP contribution >= 0.6 is 34.5 Å². The van der Waals surface area contributed by atoms with Crippen LogP contribution in [0.1, 0.15) is 42.6 Å². The average molecular weight is 425 g/mol. The minimum absolute atomic E-state index is 0.112. The number of hydrogen-bond acceptors (Lipinski definition) is 5. The van der Waals surface area contributed by atoms with E-state index in [9.17, 15) is 5.11 Å². The maximum atomic E-state index is 10.9. The molecule has 27 heavy (non-hydrogen) atoms. The second kappa shape index (κ2) is 7.24. The molecule has 8 heteroatoms. The van der Waals surface area contributed by atoms with Gasteiger partial charge in [-0.3, -0.25) is 4.90 Å². The second-order valence-corrected chi connectivity index (χ2v) is 9.44. The molecule has 0 radical (unpaired) electrons. The monoisotopic (exact) mass is 424 g/mol. The Morgan fingerprint density at radius 3 is 2.52 bits per heavy atom. The third-order valence-corrected chi connectivity index (χ3v) is 6.89. The standard InChI is InChI=1S/C19H22Cl2N4OS/c1-10-6-11(2)9-24(8-10)16(13-4-5-14(20)15(21)7-13)17-18(26)25-19(27-17)22-12(3)23-25/h4-5,7,10-11,16,26H,6,8-9H2,1-3H3/t10-,11+,16-/m1/s1. The van der Waals surface area contributed by atoms with Crippen LogP contribution in [0.15, 0.2) is 18.2 Å². The third kappa shape index (κ3) is 3.56. The van der Waals surface area contributed by atoms with Gasteiger partial charge < -0.3 is 5.11 Å². The summed E-state index contributed by atoms with van der Waals surface area (Å²) >= 11 is 13.9. The summed E-state index contributed by atoms with van der Waals surface area (Å²) in [4.78, 5) is 8.38. The lowest BCUT2D eigenvalue weighted by molar-refractivity contribution is 0.112. The number of aryl methyl sites for hydroxylation is 1. The van der Waals surface area contributed by atoms with Gasteiger partial charge in [0.05, 0.1) is 21.0 Å². The first-order valence-electron chi connectivity index (χ1n) is 9.07. The van der Waals surface area contributed by atoms with Gasteiger partial charge >= 0.3 is 0 Å². The summed E-state index contributed by atoms with van der Waals surface area (Å²) in [5.74, 6) is 1.98. The fourth-order valence-electron chi connectivity index (χ4n) is 4.16. The van der Waals surface area contributed by atoms with Crippen molar-refractivity contribution in [2.75, 3.05) is 13.1 Å². The van der Waals surface area contributed by atoms with E-state index in [4.69, 9.17) is 23.2 Å². The average Bonchev–Trinajstić information content (AvgIpc) is 3.08. The number of rotatable bonds is 3. The van der Waals surface area contributed by atoms with Gasteiger partial charge in [0.1, 0.15) is 5.82 Å². The van der Waals surface area contributed by atoms with E-state index in [1.807, 2.05) is 25.1 Å². The van der Waals surface area contributed by atoms with E-state index in [1.165, 1.54) is 22.3 Å². The predicted molar refractivity (Wildman–Crippen MR) is 110 cm³/mol. The highest BCUT2D eigenvalue weighted by molar-refractivity contribution is 7.17. The maximum absolute atomic E-state index is 10.9. The van der Waals surface area contributed by atoms with Gasteiger partial charge in [0.2, 0.25) is 10.8 Å². The second-order valence-electron chi connectivity index (χ2n) is 7.62. The van der Waals surface area contributed by atoms with Crippen molar-refractivity contribution in [2.24, 2.45) is 11.8 Å². The van der Waals surface area contributed by atoms with Gasteiger partial charge in [-0.1, -0.05) is 54.5 Å². The van der Waals surface area contributed by atoms with Crippen molar-refractivity contribution in [1.82, 2.24) is 19.5 Å². The molecular formula is C19H22Cl2N4OS. The van der Waals surface area contributed by atoms with Gasteiger partial charge in [-0.25, -0.2) is 4.98 Å². The number of aromatic hydroxyl groups is 1. The molecule has 1 aliphatic rings. The van der Waals surface area contributed by atoms with E-state index < -0.39 is 0 Å². The number of likely N-dealkylation sites (tertiary alicyclic amines) is 1. The fraction of sp³-hybridized carbons (Fsp3) is 0.474. The van der Waals surface area contributed by atoms with E-state index in [1.54, 1.807) is 0 Å². The number of hydrogen-bond donors (Lipinski definition) is 1. The number of thiazole rings is 1. The van der Waals surface area contributed by atoms with Crippen molar-refractivity contribution < 1.29 is 5.11 Å². The molecule has 2 aromatic heterocycles. The summed E-state index contributed by atoms with van der Waals surface area (Å²) in [5.41, 5.74) is 1.02. The zero-order valence-corrected chi connectivity index (χ0v) is 17.8. The van der Waals surface area contributed by atoms with Gasteiger partial charge in [0.15, 0.2) is 0 Å². The van der Waals surface area contributed by atoms with Gasteiger partial charge in [-0.2, -0.15) is 4.52 Å². The van der Waals surface area contributed by atoms with Crippen LogP contribution in [0.2, 0.25) is 10.0 Å². The highest BCUT2D eigenvalue weighted by Crippen LogP contribution is 2.43. The predicted octanol–water partition coefficient (Wildman–Crippen LogP) is 5.18. The number of benzene rings is 1. The Hall–Kier alpha value is -1.34. The highest BCUT2D eigenvalue weighted by atomic mass is 35.5. The number of nitrogens with zero attached hydrogens (tertiary/aromatic N) is 4. The van der Waals surface area contributed by atoms with E-state index in [-0.39, 0.29) is 11.9 Å². The summed E-state index contributed by atoms with van der Waals surface area (Å²) in [6.07, 6.45) is 1.21. The van der Waals surface area contributed by atoms with Crippen LogP contribution in [0.25, 0.3) is 4.96 Å². The number of aromatic nitrogens is 3. The first-order chi connectivity index (χ1) is 12.8. The van der Waals surface area contributed by atoms with Crippen LogP contribution in [-0.2, 0) is 0 Å². The lowest BCUT2D eigenvalue weighted by Gasteiger charge is -2.40. The molecule has 1 fully saturated rings. The largest absolute Gasteiger partial charge is 0.492 e. The zero-order valence-electron chi connectivity index (χ0n) is 15.5. The Bertz CT molecular complexity index is 976. The maximum Gasteiger partial charge on any atom is 0.230 e. The molecule has 0 aliphatic carbocycles. The van der Waals surface area contributed by atoms with Crippen molar-refractivity contribution in [3.8, 4) is 5.88 Å². The van der Waals surface area contributed by atoms with Crippen molar-refractivity contribution in [1.29, 1.82) is 0 Å². The van der Waals surface area contributed by atoms with Crippen LogP contribution in [0.4, 0.5) is 0 Å². The molecule has 0 bridgehead atoms. The molecule has 1 saturated heterocycles. The first-order valence-corrected chi connectivity index (χ1v) is 10.6. The van der Waals surface area contributed by atoms with E-state index in [0.29, 0.717) is 32.7 Å². The molecule has 0 unspecified atom stereocenters. The molecule has 0 spiro atoms. The van der Waals surface area contributed by atoms with Crippen molar-refractivity contribution in [3.05, 3.63) is 44.5 Å². The molecule has 0 amide bonds. The van der Waals surface area contributed by atoms with E-state index in [0.717, 1.165) is 23.5 Å². The van der Waals surface area contributed by atoms with Crippen LogP contribution in [0.3, 0.4) is 0 Å². The molecule has 3 atom stereocenters. The van der Waals surface area contributed by atoms with Gasteiger partial charge in [0, 0.05) is 13.1 Å². The van der Waals surface area contributed by atoms with Gasteiger partial charge in [0.25, 0.3) is 0 Å². The van der Waals surface area contributed by atoms with E-state index in [2.05, 4.69) is 28.8 Å². The fourth-order valence-corrected chi connectivity index (χ4v) is 5.63. The molecule has 144 valence electrons. The van der Waals surface area contributed by atoms with E-state index >= 15 is 0 Å². The van der Waals surface area contributed by atoms with Crippen molar-refractivity contribution in [2.45, 2.75) is 33.2 Å². The molecule has 1 aliphatic heterocycles. The molecule has 1 aromatic carbocycles. The molecule has 3 heterocycles. The summed E-state index contributed by atoms with van der Waals surface area (Å²) in [7, 11) is 0. The lowest BCUT2D eigenvalue weighted by atomic mass is 9.89. The summed E-state index contributed by atoms with van der Waals surface area (Å²) in [5, 5.41) is 16.3. The molecule has 5 nitrogen and oxygen atoms in total. The van der Waals surface area contributed by atoms with Crippen LogP contribution in [-0.4, -0.2) is 37.7 Å². The minimum atomic E-state index is -0.112. The lowest BCUT2D eigenvalue weighted by Crippen LogP contribution is -2.41.